The van der Waals surface area contributed by atoms with Crippen LogP contribution >= 0.6 is 27.5 Å². The Morgan fingerprint density at radius 2 is 2.10 bits per heavy atom. The number of fused-ring (bicyclic) bond motifs is 1. The third kappa shape index (κ3) is 2.19. The molecule has 0 saturated carbocycles. The smallest absolute Gasteiger partial charge is 0.198 e. The van der Waals surface area contributed by atoms with E-state index in [1.54, 1.807) is 24.3 Å². The minimum absolute atomic E-state index is 0.176. The van der Waals surface area contributed by atoms with E-state index in [1.165, 1.54) is 0 Å². The molecular weight excluding hydrogens is 342 g/mol. The van der Waals surface area contributed by atoms with Gasteiger partial charge < -0.3 is 10.5 Å². The van der Waals surface area contributed by atoms with Gasteiger partial charge in [-0.05, 0) is 29.8 Å². The highest BCUT2D eigenvalue weighted by Crippen LogP contribution is 2.35. The molecule has 0 aliphatic carbocycles. The quantitative estimate of drug-likeness (QED) is 0.660. The number of ether oxygens (including phenoxy) is 1. The van der Waals surface area contributed by atoms with Crippen LogP contribution in [-0.4, -0.2) is 12.4 Å². The highest BCUT2D eigenvalue weighted by Gasteiger charge is 2.24. The molecular formula is C15H11BrClNO2. The van der Waals surface area contributed by atoms with Crippen LogP contribution in [0.2, 0.25) is 5.02 Å². The Labute approximate surface area is 129 Å². The Morgan fingerprint density at radius 1 is 1.30 bits per heavy atom. The van der Waals surface area contributed by atoms with Crippen molar-refractivity contribution in [2.45, 2.75) is 6.42 Å². The molecule has 20 heavy (non-hydrogen) atoms. The molecule has 0 spiro atoms. The van der Waals surface area contributed by atoms with E-state index < -0.39 is 0 Å². The van der Waals surface area contributed by atoms with E-state index in [1.807, 2.05) is 6.07 Å². The Hall–Kier alpha value is -1.52. The van der Waals surface area contributed by atoms with E-state index in [0.717, 1.165) is 16.5 Å². The molecule has 0 saturated heterocycles. The third-order valence-corrected chi connectivity index (χ3v) is 4.08. The van der Waals surface area contributed by atoms with Crippen LogP contribution in [0.3, 0.4) is 0 Å². The summed E-state index contributed by atoms with van der Waals surface area (Å²) in [5.41, 5.74) is 8.14. The van der Waals surface area contributed by atoms with Gasteiger partial charge in [-0.3, -0.25) is 4.79 Å². The standard InChI is InChI=1S/C15H11BrClNO2/c16-9-6-8-4-5-20-15(8)11(7-9)14(19)10-2-1-3-12(17)13(10)18/h1-3,6-7H,4-5,18H2. The Kier molecular flexibility index (Phi) is 3.44. The maximum Gasteiger partial charge on any atom is 0.198 e. The number of ketones is 1. The van der Waals surface area contributed by atoms with Crippen molar-refractivity contribution < 1.29 is 9.53 Å². The van der Waals surface area contributed by atoms with Crippen molar-refractivity contribution in [2.24, 2.45) is 0 Å². The lowest BCUT2D eigenvalue weighted by atomic mass is 9.98. The maximum atomic E-state index is 12.7. The minimum atomic E-state index is -0.176. The Bertz CT molecular complexity index is 715. The van der Waals surface area contributed by atoms with Crippen LogP contribution in [0.15, 0.2) is 34.8 Å². The second-order valence-corrected chi connectivity index (χ2v) is 5.89. The molecule has 1 aliphatic heterocycles. The first-order chi connectivity index (χ1) is 9.58. The molecule has 3 nitrogen and oxygen atoms in total. The molecule has 102 valence electrons. The average molecular weight is 353 g/mol. The van der Waals surface area contributed by atoms with Crippen LogP contribution in [0.4, 0.5) is 5.69 Å². The van der Waals surface area contributed by atoms with Gasteiger partial charge in [-0.2, -0.15) is 0 Å². The molecule has 2 aromatic carbocycles. The van der Waals surface area contributed by atoms with Crippen molar-refractivity contribution in [3.8, 4) is 5.75 Å². The second kappa shape index (κ2) is 5.11. The van der Waals surface area contributed by atoms with Crippen molar-refractivity contribution in [1.82, 2.24) is 0 Å². The second-order valence-electron chi connectivity index (χ2n) is 4.57. The Morgan fingerprint density at radius 3 is 2.90 bits per heavy atom. The third-order valence-electron chi connectivity index (χ3n) is 3.29. The molecule has 2 aromatic rings. The number of hydrogen-bond acceptors (Lipinski definition) is 3. The number of rotatable bonds is 2. The Balaban J connectivity index is 2.14. The van der Waals surface area contributed by atoms with E-state index in [2.05, 4.69) is 15.9 Å². The van der Waals surface area contributed by atoms with Gasteiger partial charge in [0.1, 0.15) is 5.75 Å². The van der Waals surface area contributed by atoms with Crippen molar-refractivity contribution in [3.63, 3.8) is 0 Å². The number of carbonyl (C=O) groups is 1. The minimum Gasteiger partial charge on any atom is -0.492 e. The first-order valence-electron chi connectivity index (χ1n) is 6.12. The monoisotopic (exact) mass is 351 g/mol. The fourth-order valence-electron chi connectivity index (χ4n) is 2.32. The van der Waals surface area contributed by atoms with Gasteiger partial charge in [0.2, 0.25) is 0 Å². The summed E-state index contributed by atoms with van der Waals surface area (Å²) in [7, 11) is 0. The van der Waals surface area contributed by atoms with Gasteiger partial charge in [0.25, 0.3) is 0 Å². The summed E-state index contributed by atoms with van der Waals surface area (Å²) < 4.78 is 6.43. The summed E-state index contributed by atoms with van der Waals surface area (Å²) in [5, 5.41) is 0.378. The first-order valence-corrected chi connectivity index (χ1v) is 7.29. The van der Waals surface area contributed by atoms with Crippen molar-refractivity contribution in [2.75, 3.05) is 12.3 Å². The normalized spacial score (nSPS) is 12.9. The molecule has 5 heteroatoms. The number of para-hydroxylation sites is 1. The highest BCUT2D eigenvalue weighted by molar-refractivity contribution is 9.10. The number of anilines is 1. The van der Waals surface area contributed by atoms with Crippen molar-refractivity contribution >= 4 is 39.0 Å². The summed E-state index contributed by atoms with van der Waals surface area (Å²) in [6.07, 6.45) is 0.806. The predicted molar refractivity (Wildman–Crippen MR) is 82.6 cm³/mol. The van der Waals surface area contributed by atoms with Gasteiger partial charge in [-0.25, -0.2) is 0 Å². The summed E-state index contributed by atoms with van der Waals surface area (Å²) in [6.45, 7) is 0.594. The SMILES string of the molecule is Nc1c(Cl)cccc1C(=O)c1cc(Br)cc2c1OCC2. The van der Waals surface area contributed by atoms with Crippen molar-refractivity contribution in [3.05, 3.63) is 56.5 Å². The zero-order chi connectivity index (χ0) is 14.3. The zero-order valence-corrected chi connectivity index (χ0v) is 12.8. The van der Waals surface area contributed by atoms with Crippen molar-refractivity contribution in [1.29, 1.82) is 0 Å². The molecule has 0 bridgehead atoms. The van der Waals surface area contributed by atoms with Crippen LogP contribution in [0.1, 0.15) is 21.5 Å². The molecule has 0 unspecified atom stereocenters. The lowest BCUT2D eigenvalue weighted by molar-refractivity contribution is 0.103. The number of nitrogens with two attached hydrogens (primary N) is 1. The molecule has 0 amide bonds. The van der Waals surface area contributed by atoms with Crippen LogP contribution in [0.5, 0.6) is 5.75 Å². The molecule has 2 N–H and O–H groups in total. The molecule has 1 aliphatic rings. The number of halogens is 2. The van der Waals surface area contributed by atoms with Gasteiger partial charge in [-0.1, -0.05) is 33.6 Å². The maximum absolute atomic E-state index is 12.7. The fourth-order valence-corrected chi connectivity index (χ4v) is 3.00. The van der Waals surface area contributed by atoms with Crippen LogP contribution in [0.25, 0.3) is 0 Å². The van der Waals surface area contributed by atoms with E-state index in [9.17, 15) is 4.79 Å². The van der Waals surface area contributed by atoms with Gasteiger partial charge in [0.15, 0.2) is 5.78 Å². The lowest BCUT2D eigenvalue weighted by Gasteiger charge is -2.10. The summed E-state index contributed by atoms with van der Waals surface area (Å²) in [6, 6.07) is 8.78. The largest absolute Gasteiger partial charge is 0.492 e. The molecule has 1 heterocycles. The summed E-state index contributed by atoms with van der Waals surface area (Å²) in [4.78, 5) is 12.7. The van der Waals surface area contributed by atoms with E-state index in [-0.39, 0.29) is 5.78 Å². The summed E-state index contributed by atoms with van der Waals surface area (Å²) >= 11 is 9.40. The van der Waals surface area contributed by atoms with E-state index in [0.29, 0.717) is 34.2 Å². The molecule has 0 radical (unpaired) electrons. The lowest BCUT2D eigenvalue weighted by Crippen LogP contribution is -2.07. The predicted octanol–water partition coefficient (Wildman–Crippen LogP) is 3.85. The number of benzene rings is 2. The topological polar surface area (TPSA) is 52.3 Å². The number of nitrogen functional groups attached to an aromatic ring is 1. The average Bonchev–Trinajstić information content (AvgIpc) is 2.88. The fraction of sp³-hybridized carbons (Fsp3) is 0.133. The van der Waals surface area contributed by atoms with E-state index >= 15 is 0 Å². The van der Waals surface area contributed by atoms with Gasteiger partial charge in [0, 0.05) is 16.5 Å². The molecule has 0 aromatic heterocycles. The first kappa shape index (κ1) is 13.5. The summed E-state index contributed by atoms with van der Waals surface area (Å²) in [5.74, 6) is 0.474. The van der Waals surface area contributed by atoms with Gasteiger partial charge in [0.05, 0.1) is 22.9 Å². The molecule has 0 atom stereocenters. The van der Waals surface area contributed by atoms with Gasteiger partial charge >= 0.3 is 0 Å². The molecule has 3 rings (SSSR count). The number of carbonyl (C=O) groups excluding carboxylic acids is 1. The van der Waals surface area contributed by atoms with Gasteiger partial charge in [-0.15, -0.1) is 0 Å². The highest BCUT2D eigenvalue weighted by atomic mass is 79.9. The van der Waals surface area contributed by atoms with E-state index in [4.69, 9.17) is 22.1 Å². The zero-order valence-electron chi connectivity index (χ0n) is 10.5. The van der Waals surface area contributed by atoms with Crippen LogP contribution < -0.4 is 10.5 Å². The van der Waals surface area contributed by atoms with Crippen LogP contribution in [0, 0.1) is 0 Å². The van der Waals surface area contributed by atoms with Crippen LogP contribution in [-0.2, 0) is 6.42 Å². The number of hydrogen-bond donors (Lipinski definition) is 1. The molecule has 0 fully saturated rings.